The van der Waals surface area contributed by atoms with E-state index in [0.29, 0.717) is 42.2 Å². The van der Waals surface area contributed by atoms with Gasteiger partial charge < -0.3 is 14.7 Å². The Bertz CT molecular complexity index is 1180. The van der Waals surface area contributed by atoms with Gasteiger partial charge >= 0.3 is 0 Å². The van der Waals surface area contributed by atoms with E-state index >= 15 is 0 Å². The number of aryl methyl sites for hydroxylation is 1. The standard InChI is InChI=1S/C27H30F4N2O2S/c1-35-19-4-5-25-21(15-19)20(24(31)16-32-25)3-2-6-27(17-34)7-9-33(10-8-27)11-12-36-26-22(29)13-18(28)14-23(26)30/h4-5,13-16,34H,2-3,6-12,17H2,1H3. The minimum absolute atomic E-state index is 0.0645. The van der Waals surface area contributed by atoms with Gasteiger partial charge in [-0.25, -0.2) is 17.6 Å². The van der Waals surface area contributed by atoms with E-state index in [1.54, 1.807) is 13.2 Å². The summed E-state index contributed by atoms with van der Waals surface area (Å²) in [5, 5.41) is 10.9. The van der Waals surface area contributed by atoms with Gasteiger partial charge in [-0.1, -0.05) is 0 Å². The minimum atomic E-state index is -0.926. The predicted molar refractivity (Wildman–Crippen MR) is 133 cm³/mol. The van der Waals surface area contributed by atoms with E-state index in [1.807, 2.05) is 12.1 Å². The van der Waals surface area contributed by atoms with Gasteiger partial charge in [0.25, 0.3) is 0 Å². The number of pyridine rings is 1. The van der Waals surface area contributed by atoms with E-state index in [9.17, 15) is 22.7 Å². The number of halogens is 4. The van der Waals surface area contributed by atoms with Crippen LogP contribution >= 0.6 is 11.8 Å². The van der Waals surface area contributed by atoms with Crippen molar-refractivity contribution in [2.75, 3.05) is 39.1 Å². The molecule has 1 fully saturated rings. The smallest absolute Gasteiger partial charge is 0.145 e. The van der Waals surface area contributed by atoms with Crippen LogP contribution in [0, 0.1) is 28.7 Å². The zero-order valence-electron chi connectivity index (χ0n) is 20.2. The van der Waals surface area contributed by atoms with Gasteiger partial charge in [0, 0.05) is 36.4 Å². The summed E-state index contributed by atoms with van der Waals surface area (Å²) in [6.07, 6.45) is 4.88. The SMILES string of the molecule is COc1ccc2ncc(F)c(CCCC3(CO)CCN(CCSc4c(F)cc(F)cc4F)CC3)c2c1. The molecule has 4 nitrogen and oxygen atoms in total. The first kappa shape index (κ1) is 26.7. The van der Waals surface area contributed by atoms with Crippen LogP contribution in [0.25, 0.3) is 10.9 Å². The first-order valence-corrected chi connectivity index (χ1v) is 13.0. The third-order valence-corrected chi connectivity index (χ3v) is 8.20. The van der Waals surface area contributed by atoms with E-state index in [0.717, 1.165) is 61.4 Å². The molecule has 4 rings (SSSR count). The lowest BCUT2D eigenvalue weighted by atomic mass is 9.75. The van der Waals surface area contributed by atoms with Crippen LogP contribution in [-0.4, -0.2) is 54.1 Å². The van der Waals surface area contributed by atoms with E-state index in [-0.39, 0.29) is 22.7 Å². The first-order valence-electron chi connectivity index (χ1n) is 12.1. The average molecular weight is 523 g/mol. The molecule has 9 heteroatoms. The number of aliphatic hydroxyl groups excluding tert-OH is 1. The number of thioether (sulfide) groups is 1. The molecule has 0 spiro atoms. The van der Waals surface area contributed by atoms with Gasteiger partial charge in [-0.2, -0.15) is 0 Å². The molecule has 0 bridgehead atoms. The van der Waals surface area contributed by atoms with Crippen LogP contribution in [0.5, 0.6) is 5.75 Å². The maximum Gasteiger partial charge on any atom is 0.145 e. The number of ether oxygens (including phenoxy) is 1. The number of aliphatic hydroxyl groups is 1. The Morgan fingerprint density at radius 1 is 1.06 bits per heavy atom. The molecule has 1 N–H and O–H groups in total. The van der Waals surface area contributed by atoms with Crippen LogP contribution in [0.4, 0.5) is 17.6 Å². The summed E-state index contributed by atoms with van der Waals surface area (Å²) in [5.74, 6) is -1.90. The number of hydrogen-bond donors (Lipinski definition) is 1. The molecule has 0 saturated carbocycles. The van der Waals surface area contributed by atoms with Crippen molar-refractivity contribution < 1.29 is 27.4 Å². The van der Waals surface area contributed by atoms with Gasteiger partial charge in [0.1, 0.15) is 29.0 Å². The lowest BCUT2D eigenvalue weighted by Gasteiger charge is -2.41. The third-order valence-electron chi connectivity index (χ3n) is 7.14. The van der Waals surface area contributed by atoms with E-state index in [1.165, 1.54) is 6.20 Å². The molecule has 2 aromatic carbocycles. The Morgan fingerprint density at radius 3 is 2.44 bits per heavy atom. The molecular formula is C27H30F4N2O2S. The summed E-state index contributed by atoms with van der Waals surface area (Å²) < 4.78 is 60.7. The Kier molecular flexibility index (Phi) is 8.74. The zero-order valence-corrected chi connectivity index (χ0v) is 21.0. The number of piperidine rings is 1. The summed E-state index contributed by atoms with van der Waals surface area (Å²) >= 11 is 1.04. The Balaban J connectivity index is 1.30. The Hall–Kier alpha value is -2.36. The fourth-order valence-electron chi connectivity index (χ4n) is 4.91. The summed E-state index contributed by atoms with van der Waals surface area (Å²) in [5.41, 5.74) is 1.10. The van der Waals surface area contributed by atoms with Crippen molar-refractivity contribution in [3.63, 3.8) is 0 Å². The number of rotatable bonds is 10. The lowest BCUT2D eigenvalue weighted by Crippen LogP contribution is -2.42. The number of hydrogen-bond acceptors (Lipinski definition) is 5. The molecule has 1 aromatic heterocycles. The molecule has 36 heavy (non-hydrogen) atoms. The molecule has 3 aromatic rings. The molecule has 194 valence electrons. The molecule has 0 radical (unpaired) electrons. The van der Waals surface area contributed by atoms with Crippen molar-refractivity contribution in [3.8, 4) is 5.75 Å². The van der Waals surface area contributed by atoms with Crippen LogP contribution < -0.4 is 4.74 Å². The van der Waals surface area contributed by atoms with Crippen LogP contribution in [0.2, 0.25) is 0 Å². The summed E-state index contributed by atoms with van der Waals surface area (Å²) in [4.78, 5) is 6.22. The Labute approximate surface area is 212 Å². The highest BCUT2D eigenvalue weighted by Crippen LogP contribution is 2.37. The van der Waals surface area contributed by atoms with Gasteiger partial charge in [0.05, 0.1) is 23.7 Å². The molecule has 1 aliphatic rings. The van der Waals surface area contributed by atoms with Gasteiger partial charge in [0.15, 0.2) is 0 Å². The highest BCUT2D eigenvalue weighted by molar-refractivity contribution is 7.99. The Morgan fingerprint density at radius 2 is 1.78 bits per heavy atom. The zero-order chi connectivity index (χ0) is 25.7. The summed E-state index contributed by atoms with van der Waals surface area (Å²) in [6.45, 7) is 2.23. The van der Waals surface area contributed by atoms with Crippen molar-refractivity contribution in [2.45, 2.75) is 37.0 Å². The molecule has 0 amide bonds. The lowest BCUT2D eigenvalue weighted by molar-refractivity contribution is 0.0378. The monoisotopic (exact) mass is 522 g/mol. The van der Waals surface area contributed by atoms with Crippen molar-refractivity contribution >= 4 is 22.7 Å². The fourth-order valence-corrected chi connectivity index (χ4v) is 5.85. The second kappa shape index (κ2) is 11.8. The fraction of sp³-hybridized carbons (Fsp3) is 0.444. The number of fused-ring (bicyclic) bond motifs is 1. The molecule has 1 saturated heterocycles. The van der Waals surface area contributed by atoms with Gasteiger partial charge in [-0.05, 0) is 74.4 Å². The van der Waals surface area contributed by atoms with Crippen LogP contribution in [0.3, 0.4) is 0 Å². The maximum absolute atomic E-state index is 14.6. The normalized spacial score (nSPS) is 15.9. The minimum Gasteiger partial charge on any atom is -0.497 e. The summed E-state index contributed by atoms with van der Waals surface area (Å²) in [6, 6.07) is 6.82. The van der Waals surface area contributed by atoms with Crippen molar-refractivity contribution in [2.24, 2.45) is 5.41 Å². The van der Waals surface area contributed by atoms with Crippen LogP contribution in [0.1, 0.15) is 31.2 Å². The number of likely N-dealkylation sites (tertiary alicyclic amines) is 1. The molecule has 2 heterocycles. The van der Waals surface area contributed by atoms with E-state index in [2.05, 4.69) is 9.88 Å². The molecule has 0 unspecified atom stereocenters. The van der Waals surface area contributed by atoms with Crippen LogP contribution in [-0.2, 0) is 6.42 Å². The van der Waals surface area contributed by atoms with Crippen molar-refractivity contribution in [3.05, 3.63) is 65.4 Å². The van der Waals surface area contributed by atoms with Crippen LogP contribution in [0.15, 0.2) is 41.4 Å². The second-order valence-corrected chi connectivity index (χ2v) is 10.5. The maximum atomic E-state index is 14.6. The highest BCUT2D eigenvalue weighted by atomic mass is 32.2. The number of benzene rings is 2. The second-order valence-electron chi connectivity index (χ2n) is 9.37. The topological polar surface area (TPSA) is 45.6 Å². The van der Waals surface area contributed by atoms with Gasteiger partial charge in [0.2, 0.25) is 0 Å². The van der Waals surface area contributed by atoms with E-state index < -0.39 is 17.5 Å². The predicted octanol–water partition coefficient (Wildman–Crippen LogP) is 5.99. The summed E-state index contributed by atoms with van der Waals surface area (Å²) in [7, 11) is 1.57. The largest absolute Gasteiger partial charge is 0.497 e. The van der Waals surface area contributed by atoms with Gasteiger partial charge in [-0.15, -0.1) is 11.8 Å². The molecule has 0 aliphatic carbocycles. The average Bonchev–Trinajstić information content (AvgIpc) is 2.87. The number of aromatic nitrogens is 1. The molecule has 1 aliphatic heterocycles. The van der Waals surface area contributed by atoms with Crippen molar-refractivity contribution in [1.82, 2.24) is 9.88 Å². The van der Waals surface area contributed by atoms with E-state index in [4.69, 9.17) is 4.74 Å². The van der Waals surface area contributed by atoms with Crippen molar-refractivity contribution in [1.29, 1.82) is 0 Å². The highest BCUT2D eigenvalue weighted by Gasteiger charge is 2.33. The third kappa shape index (κ3) is 6.12. The number of methoxy groups -OCH3 is 1. The molecule has 0 atom stereocenters. The quantitative estimate of drug-likeness (QED) is 0.262. The number of nitrogens with zero attached hydrogens (tertiary/aromatic N) is 2. The molecular weight excluding hydrogens is 492 g/mol. The first-order chi connectivity index (χ1) is 17.3. The van der Waals surface area contributed by atoms with Gasteiger partial charge in [-0.3, -0.25) is 4.98 Å².